The molecule has 1 fully saturated rings. The third-order valence-corrected chi connectivity index (χ3v) is 3.78. The SMILES string of the molecule is O=C(O)[C@@H]1CN(C(=O)Cc2cccc(F)c2F)C[C@H]1C(F)(F)F. The van der Waals surface area contributed by atoms with Crippen molar-refractivity contribution in [3.63, 3.8) is 0 Å². The van der Waals surface area contributed by atoms with Crippen molar-refractivity contribution in [1.29, 1.82) is 0 Å². The minimum atomic E-state index is -4.76. The molecule has 23 heavy (non-hydrogen) atoms. The Balaban J connectivity index is 2.15. The second-order valence-corrected chi connectivity index (χ2v) is 5.28. The molecule has 0 saturated carbocycles. The molecule has 1 aromatic carbocycles. The Hall–Kier alpha value is -2.19. The van der Waals surface area contributed by atoms with Gasteiger partial charge in [-0.05, 0) is 6.07 Å². The number of rotatable bonds is 3. The van der Waals surface area contributed by atoms with Crippen molar-refractivity contribution in [3.05, 3.63) is 35.4 Å². The van der Waals surface area contributed by atoms with Gasteiger partial charge in [-0.3, -0.25) is 9.59 Å². The molecule has 126 valence electrons. The molecule has 4 nitrogen and oxygen atoms in total. The molecule has 1 amide bonds. The summed E-state index contributed by atoms with van der Waals surface area (Å²) in [4.78, 5) is 23.7. The predicted molar refractivity (Wildman–Crippen MR) is 67.3 cm³/mol. The molecule has 2 rings (SSSR count). The number of carboxylic acids is 1. The van der Waals surface area contributed by atoms with Crippen LogP contribution in [0.25, 0.3) is 0 Å². The molecule has 9 heteroatoms. The first-order chi connectivity index (χ1) is 10.6. The van der Waals surface area contributed by atoms with Crippen LogP contribution in [0, 0.1) is 23.5 Å². The highest BCUT2D eigenvalue weighted by Crippen LogP contribution is 2.37. The van der Waals surface area contributed by atoms with Gasteiger partial charge in [0.2, 0.25) is 5.91 Å². The number of hydrogen-bond acceptors (Lipinski definition) is 2. The second-order valence-electron chi connectivity index (χ2n) is 5.28. The van der Waals surface area contributed by atoms with E-state index >= 15 is 0 Å². The van der Waals surface area contributed by atoms with Gasteiger partial charge in [-0.2, -0.15) is 13.2 Å². The number of likely N-dealkylation sites (tertiary alicyclic amines) is 1. The number of carbonyl (C=O) groups excluding carboxylic acids is 1. The Bertz CT molecular complexity index is 631. The summed E-state index contributed by atoms with van der Waals surface area (Å²) in [5, 5.41) is 8.87. The molecule has 0 unspecified atom stereocenters. The number of nitrogens with zero attached hydrogens (tertiary/aromatic N) is 1. The number of alkyl halides is 3. The second kappa shape index (κ2) is 6.13. The molecule has 0 radical (unpaired) electrons. The highest BCUT2D eigenvalue weighted by atomic mass is 19.4. The lowest BCUT2D eigenvalue weighted by Gasteiger charge is -2.18. The summed E-state index contributed by atoms with van der Waals surface area (Å²) in [6.07, 6.45) is -5.40. The monoisotopic (exact) mass is 337 g/mol. The van der Waals surface area contributed by atoms with Crippen molar-refractivity contribution in [2.45, 2.75) is 12.6 Å². The van der Waals surface area contributed by atoms with Gasteiger partial charge in [0.1, 0.15) is 0 Å². The van der Waals surface area contributed by atoms with Crippen LogP contribution in [0.3, 0.4) is 0 Å². The average Bonchev–Trinajstić information content (AvgIpc) is 2.89. The van der Waals surface area contributed by atoms with E-state index in [-0.39, 0.29) is 5.56 Å². The predicted octanol–water partition coefficient (Wildman–Crippen LogP) is 2.23. The van der Waals surface area contributed by atoms with Crippen molar-refractivity contribution in [1.82, 2.24) is 4.90 Å². The maximum Gasteiger partial charge on any atom is 0.394 e. The zero-order valence-electron chi connectivity index (χ0n) is 11.6. The van der Waals surface area contributed by atoms with E-state index in [1.54, 1.807) is 0 Å². The number of aliphatic carboxylic acids is 1. The summed E-state index contributed by atoms with van der Waals surface area (Å²) in [6.45, 7) is -1.43. The Morgan fingerprint density at radius 1 is 1.22 bits per heavy atom. The van der Waals surface area contributed by atoms with Gasteiger partial charge in [-0.1, -0.05) is 12.1 Å². The Morgan fingerprint density at radius 3 is 2.39 bits per heavy atom. The van der Waals surface area contributed by atoms with Gasteiger partial charge in [-0.25, -0.2) is 8.78 Å². The number of amides is 1. The average molecular weight is 337 g/mol. The van der Waals surface area contributed by atoms with E-state index in [2.05, 4.69) is 0 Å². The number of halogens is 5. The molecule has 1 aliphatic rings. The third-order valence-electron chi connectivity index (χ3n) is 3.78. The summed E-state index contributed by atoms with van der Waals surface area (Å²) in [5.41, 5.74) is -0.294. The standard InChI is InChI=1S/C14H12F5NO3/c15-10-3-1-2-7(12(10)16)4-11(21)20-5-8(13(22)23)9(6-20)14(17,18)19/h1-3,8-9H,4-6H2,(H,22,23)/t8-,9-/m1/s1. The molecule has 1 saturated heterocycles. The van der Waals surface area contributed by atoms with E-state index in [0.717, 1.165) is 17.0 Å². The van der Waals surface area contributed by atoms with Crippen molar-refractivity contribution < 1.29 is 36.6 Å². The molecule has 1 heterocycles. The van der Waals surface area contributed by atoms with Gasteiger partial charge < -0.3 is 10.0 Å². The highest BCUT2D eigenvalue weighted by Gasteiger charge is 2.53. The summed E-state index contributed by atoms with van der Waals surface area (Å²) >= 11 is 0. The normalized spacial score (nSPS) is 21.5. The highest BCUT2D eigenvalue weighted by molar-refractivity contribution is 5.81. The number of hydrogen-bond donors (Lipinski definition) is 1. The molecule has 0 bridgehead atoms. The van der Waals surface area contributed by atoms with Crippen molar-refractivity contribution in [2.75, 3.05) is 13.1 Å². The first-order valence-electron chi connectivity index (χ1n) is 6.61. The molecule has 1 N–H and O–H groups in total. The Kier molecular flexibility index (Phi) is 4.58. The van der Waals surface area contributed by atoms with E-state index in [4.69, 9.17) is 5.11 Å². The van der Waals surface area contributed by atoms with Crippen LogP contribution < -0.4 is 0 Å². The lowest BCUT2D eigenvalue weighted by Crippen LogP contribution is -2.34. The van der Waals surface area contributed by atoms with Crippen molar-refractivity contribution in [3.8, 4) is 0 Å². The number of carbonyl (C=O) groups is 2. The van der Waals surface area contributed by atoms with Crippen LogP contribution in [-0.4, -0.2) is 41.1 Å². The topological polar surface area (TPSA) is 57.6 Å². The lowest BCUT2D eigenvalue weighted by atomic mass is 9.96. The maximum atomic E-state index is 13.5. The first kappa shape index (κ1) is 17.2. The van der Waals surface area contributed by atoms with Crippen LogP contribution in [0.1, 0.15) is 5.56 Å². The smallest absolute Gasteiger partial charge is 0.394 e. The van der Waals surface area contributed by atoms with E-state index in [1.165, 1.54) is 6.07 Å². The van der Waals surface area contributed by atoms with E-state index in [1.807, 2.05) is 0 Å². The van der Waals surface area contributed by atoms with Crippen LogP contribution in [0.4, 0.5) is 22.0 Å². The van der Waals surface area contributed by atoms with Crippen LogP contribution in [-0.2, 0) is 16.0 Å². The van der Waals surface area contributed by atoms with Crippen LogP contribution >= 0.6 is 0 Å². The van der Waals surface area contributed by atoms with E-state index < -0.39 is 61.0 Å². The molecule has 0 aromatic heterocycles. The molecule has 0 spiro atoms. The molecule has 1 aromatic rings. The summed E-state index contributed by atoms with van der Waals surface area (Å²) < 4.78 is 65.1. The van der Waals surface area contributed by atoms with E-state index in [0.29, 0.717) is 0 Å². The number of carboxylic acid groups (broad SMARTS) is 1. The minimum Gasteiger partial charge on any atom is -0.481 e. The van der Waals surface area contributed by atoms with Crippen LogP contribution in [0.15, 0.2) is 18.2 Å². The zero-order chi connectivity index (χ0) is 17.4. The van der Waals surface area contributed by atoms with Gasteiger partial charge in [0.15, 0.2) is 11.6 Å². The molecule has 0 aliphatic carbocycles. The summed E-state index contributed by atoms with van der Waals surface area (Å²) in [5.74, 6) is -8.90. The van der Waals surface area contributed by atoms with Gasteiger partial charge in [0.05, 0.1) is 18.3 Å². The third kappa shape index (κ3) is 3.59. The lowest BCUT2D eigenvalue weighted by molar-refractivity contribution is -0.188. The minimum absolute atomic E-state index is 0.294. The van der Waals surface area contributed by atoms with E-state index in [9.17, 15) is 31.5 Å². The van der Waals surface area contributed by atoms with Crippen molar-refractivity contribution in [2.24, 2.45) is 11.8 Å². The van der Waals surface area contributed by atoms with Gasteiger partial charge in [0.25, 0.3) is 0 Å². The Morgan fingerprint density at radius 2 is 1.87 bits per heavy atom. The Labute approximate surface area is 127 Å². The van der Waals surface area contributed by atoms with Gasteiger partial charge >= 0.3 is 12.1 Å². The van der Waals surface area contributed by atoms with Crippen molar-refractivity contribution >= 4 is 11.9 Å². The van der Waals surface area contributed by atoms with Gasteiger partial charge in [-0.15, -0.1) is 0 Å². The molecule has 1 aliphatic heterocycles. The fourth-order valence-corrected chi connectivity index (χ4v) is 2.55. The summed E-state index contributed by atoms with van der Waals surface area (Å²) in [6, 6.07) is 3.16. The summed E-state index contributed by atoms with van der Waals surface area (Å²) in [7, 11) is 0. The molecular formula is C14H12F5NO3. The maximum absolute atomic E-state index is 13.5. The first-order valence-corrected chi connectivity index (χ1v) is 6.61. The quantitative estimate of drug-likeness (QED) is 0.861. The fourth-order valence-electron chi connectivity index (χ4n) is 2.55. The van der Waals surface area contributed by atoms with Gasteiger partial charge in [0, 0.05) is 18.7 Å². The zero-order valence-corrected chi connectivity index (χ0v) is 11.6. The number of benzene rings is 1. The van der Waals surface area contributed by atoms with Crippen LogP contribution in [0.5, 0.6) is 0 Å². The fraction of sp³-hybridized carbons (Fsp3) is 0.429. The largest absolute Gasteiger partial charge is 0.481 e. The molecule has 2 atom stereocenters. The van der Waals surface area contributed by atoms with Crippen LogP contribution in [0.2, 0.25) is 0 Å². The molecular weight excluding hydrogens is 325 g/mol.